The Morgan fingerprint density at radius 2 is 2.03 bits per heavy atom. The molecular formula is C19H18ClN3O6. The van der Waals surface area contributed by atoms with Crippen molar-refractivity contribution in [3.05, 3.63) is 61.5 Å². The van der Waals surface area contributed by atoms with Gasteiger partial charge in [0.2, 0.25) is 5.76 Å². The van der Waals surface area contributed by atoms with Crippen LogP contribution in [-0.4, -0.2) is 27.6 Å². The number of carbonyl (C=O) groups is 2. The molecule has 0 saturated carbocycles. The molecule has 1 aliphatic rings. The normalized spacial score (nSPS) is 16.3. The van der Waals surface area contributed by atoms with Crippen LogP contribution in [0.2, 0.25) is 5.02 Å². The summed E-state index contributed by atoms with van der Waals surface area (Å²) in [5.74, 6) is -1.47. The topological polar surface area (TPSA) is 135 Å². The Morgan fingerprint density at radius 3 is 2.66 bits per heavy atom. The number of hydrazone groups is 1. The molecule has 0 aliphatic heterocycles. The number of nitro benzene ring substituents is 1. The summed E-state index contributed by atoms with van der Waals surface area (Å²) in [5, 5.41) is 24.4. The average molecular weight is 420 g/mol. The van der Waals surface area contributed by atoms with Gasteiger partial charge in [-0.2, -0.15) is 5.10 Å². The third-order valence-corrected chi connectivity index (χ3v) is 5.00. The quantitative estimate of drug-likeness (QED) is 0.568. The van der Waals surface area contributed by atoms with Crippen molar-refractivity contribution >= 4 is 34.9 Å². The van der Waals surface area contributed by atoms with Crippen molar-refractivity contribution in [2.75, 3.05) is 0 Å². The van der Waals surface area contributed by atoms with E-state index in [2.05, 4.69) is 10.5 Å². The predicted octanol–water partition coefficient (Wildman–Crippen LogP) is 3.95. The monoisotopic (exact) mass is 419 g/mol. The van der Waals surface area contributed by atoms with E-state index in [-0.39, 0.29) is 27.4 Å². The molecule has 29 heavy (non-hydrogen) atoms. The molecule has 0 atom stereocenters. The Morgan fingerprint density at radius 1 is 1.34 bits per heavy atom. The van der Waals surface area contributed by atoms with Crippen molar-refractivity contribution in [2.45, 2.75) is 33.6 Å². The first-order valence-electron chi connectivity index (χ1n) is 8.67. The molecule has 2 N–H and O–H groups in total. The Hall–Kier alpha value is -3.20. The maximum absolute atomic E-state index is 12.4. The number of carboxylic acids is 1. The van der Waals surface area contributed by atoms with E-state index in [4.69, 9.17) is 16.0 Å². The molecule has 152 valence electrons. The summed E-state index contributed by atoms with van der Waals surface area (Å²) < 4.78 is 5.53. The van der Waals surface area contributed by atoms with Crippen molar-refractivity contribution < 1.29 is 24.0 Å². The molecule has 0 spiro atoms. The fourth-order valence-corrected chi connectivity index (χ4v) is 3.58. The summed E-state index contributed by atoms with van der Waals surface area (Å²) in [5.41, 5.74) is 3.28. The Kier molecular flexibility index (Phi) is 5.18. The summed E-state index contributed by atoms with van der Waals surface area (Å²) >= 11 is 5.77. The van der Waals surface area contributed by atoms with Crippen LogP contribution < -0.4 is 5.43 Å². The van der Waals surface area contributed by atoms with Crippen molar-refractivity contribution in [3.8, 4) is 0 Å². The van der Waals surface area contributed by atoms with Crippen LogP contribution in [0.5, 0.6) is 0 Å². The van der Waals surface area contributed by atoms with Crippen molar-refractivity contribution in [2.24, 2.45) is 10.5 Å². The molecule has 1 aliphatic carbocycles. The van der Waals surface area contributed by atoms with E-state index < -0.39 is 16.8 Å². The molecule has 1 aromatic carbocycles. The summed E-state index contributed by atoms with van der Waals surface area (Å²) in [6.07, 6.45) is 1.02. The van der Waals surface area contributed by atoms with Gasteiger partial charge >= 0.3 is 5.97 Å². The highest BCUT2D eigenvalue weighted by Gasteiger charge is 2.36. The first-order valence-corrected chi connectivity index (χ1v) is 9.05. The van der Waals surface area contributed by atoms with Crippen LogP contribution in [0.4, 0.5) is 5.69 Å². The van der Waals surface area contributed by atoms with Gasteiger partial charge < -0.3 is 9.52 Å². The van der Waals surface area contributed by atoms with Gasteiger partial charge in [-0.05, 0) is 30.9 Å². The molecule has 1 aromatic heterocycles. The highest BCUT2D eigenvalue weighted by Crippen LogP contribution is 2.38. The number of carboxylic acid groups (broad SMARTS) is 1. The summed E-state index contributed by atoms with van der Waals surface area (Å²) in [6.45, 7) is 5.59. The first-order chi connectivity index (χ1) is 13.5. The van der Waals surface area contributed by atoms with E-state index in [9.17, 15) is 24.8 Å². The van der Waals surface area contributed by atoms with E-state index in [1.165, 1.54) is 12.1 Å². The second-order valence-corrected chi connectivity index (χ2v) is 8.01. The molecule has 2 aromatic rings. The van der Waals surface area contributed by atoms with Gasteiger partial charge in [0.05, 0.1) is 10.6 Å². The smallest absolute Gasteiger partial charge is 0.372 e. The molecule has 9 nitrogen and oxygen atoms in total. The molecule has 0 bridgehead atoms. The lowest BCUT2D eigenvalue weighted by Gasteiger charge is -2.29. The molecule has 10 heteroatoms. The minimum Gasteiger partial charge on any atom is -0.475 e. The van der Waals surface area contributed by atoms with Crippen molar-refractivity contribution in [1.29, 1.82) is 0 Å². The number of nitrogens with zero attached hydrogens (tertiary/aromatic N) is 2. The van der Waals surface area contributed by atoms with E-state index in [1.807, 2.05) is 13.8 Å². The maximum atomic E-state index is 12.4. The highest BCUT2D eigenvalue weighted by molar-refractivity contribution is 6.32. The maximum Gasteiger partial charge on any atom is 0.372 e. The van der Waals surface area contributed by atoms with Crippen LogP contribution in [0.3, 0.4) is 0 Å². The number of carbonyl (C=O) groups excluding carboxylic acids is 1. The van der Waals surface area contributed by atoms with Crippen molar-refractivity contribution in [1.82, 2.24) is 5.43 Å². The van der Waals surface area contributed by atoms with Crippen LogP contribution in [-0.2, 0) is 6.42 Å². The van der Waals surface area contributed by atoms with Gasteiger partial charge in [-0.25, -0.2) is 10.2 Å². The van der Waals surface area contributed by atoms with Crippen LogP contribution in [0.25, 0.3) is 0 Å². The molecule has 3 rings (SSSR count). The number of fused-ring (bicyclic) bond motifs is 1. The summed E-state index contributed by atoms with van der Waals surface area (Å²) in [6, 6.07) is 3.69. The van der Waals surface area contributed by atoms with Gasteiger partial charge in [-0.15, -0.1) is 0 Å². The second kappa shape index (κ2) is 7.32. The minimum atomic E-state index is -1.17. The van der Waals surface area contributed by atoms with Gasteiger partial charge in [0.15, 0.2) is 0 Å². The third-order valence-electron chi connectivity index (χ3n) is 4.69. The number of aromatic carboxylic acids is 1. The molecule has 0 radical (unpaired) electrons. The number of hydrogen-bond donors (Lipinski definition) is 2. The molecular weight excluding hydrogens is 402 g/mol. The molecule has 0 unspecified atom stereocenters. The Labute approximate surface area is 170 Å². The molecule has 0 fully saturated rings. The Bertz CT molecular complexity index is 1070. The van der Waals surface area contributed by atoms with E-state index >= 15 is 0 Å². The summed E-state index contributed by atoms with van der Waals surface area (Å²) in [4.78, 5) is 34.2. The first kappa shape index (κ1) is 20.5. The standard InChI is InChI=1S/C19H18ClN3O6/c1-9-15-12(7-19(2,3)8-14(15)29-16(9)18(25)26)21-22-17(24)10-4-5-11(20)13(6-10)23(27)28/h4-6H,7-8H2,1-3H3,(H,22,24)(H,25,26)/b21-12+. The zero-order chi connectivity index (χ0) is 21.5. The minimum absolute atomic E-state index is 0.0240. The predicted molar refractivity (Wildman–Crippen MR) is 105 cm³/mol. The van der Waals surface area contributed by atoms with Gasteiger partial charge in [0.25, 0.3) is 11.6 Å². The van der Waals surface area contributed by atoms with Crippen LogP contribution in [0.15, 0.2) is 27.7 Å². The average Bonchev–Trinajstić information content (AvgIpc) is 2.95. The van der Waals surface area contributed by atoms with Crippen molar-refractivity contribution in [3.63, 3.8) is 0 Å². The SMILES string of the molecule is Cc1c(C(=O)O)oc2c1/C(=N/NC(=O)c1ccc(Cl)c([N+](=O)[O-])c1)CC(C)(C)C2. The lowest BCUT2D eigenvalue weighted by Crippen LogP contribution is -2.29. The van der Waals surface area contributed by atoms with Crippen LogP contribution in [0.1, 0.15) is 58.1 Å². The number of rotatable bonds is 4. The van der Waals surface area contributed by atoms with Gasteiger partial charge in [-0.3, -0.25) is 14.9 Å². The van der Waals surface area contributed by atoms with Gasteiger partial charge in [-0.1, -0.05) is 25.4 Å². The van der Waals surface area contributed by atoms with E-state index in [1.54, 1.807) is 6.92 Å². The zero-order valence-electron chi connectivity index (χ0n) is 15.9. The molecule has 1 amide bonds. The number of halogens is 1. The lowest BCUT2D eigenvalue weighted by molar-refractivity contribution is -0.384. The van der Waals surface area contributed by atoms with E-state index in [0.717, 1.165) is 6.07 Å². The fraction of sp³-hybridized carbons (Fsp3) is 0.316. The van der Waals surface area contributed by atoms with Crippen LogP contribution >= 0.6 is 11.6 Å². The number of hydrogen-bond acceptors (Lipinski definition) is 6. The van der Waals surface area contributed by atoms with E-state index in [0.29, 0.717) is 35.4 Å². The fourth-order valence-electron chi connectivity index (χ4n) is 3.39. The lowest BCUT2D eigenvalue weighted by atomic mass is 9.75. The summed E-state index contributed by atoms with van der Waals surface area (Å²) in [7, 11) is 0. The molecule has 1 heterocycles. The van der Waals surface area contributed by atoms with Gasteiger partial charge in [0.1, 0.15) is 10.8 Å². The number of nitro groups is 1. The van der Waals surface area contributed by atoms with Gasteiger partial charge in [0, 0.05) is 29.2 Å². The number of furan rings is 1. The number of amides is 1. The number of nitrogens with one attached hydrogen (secondary N) is 1. The Balaban J connectivity index is 1.95. The third kappa shape index (κ3) is 4.00. The second-order valence-electron chi connectivity index (χ2n) is 7.60. The van der Waals surface area contributed by atoms with Crippen LogP contribution in [0, 0.1) is 22.5 Å². The largest absolute Gasteiger partial charge is 0.475 e. The number of benzene rings is 1. The molecule has 0 saturated heterocycles. The highest BCUT2D eigenvalue weighted by atomic mass is 35.5. The zero-order valence-corrected chi connectivity index (χ0v) is 16.7.